The maximum absolute atomic E-state index is 14.3. The lowest BCUT2D eigenvalue weighted by Crippen LogP contribution is -2.53. The van der Waals surface area contributed by atoms with Gasteiger partial charge in [-0.3, -0.25) is 9.36 Å². The zero-order valence-corrected chi connectivity index (χ0v) is 14.7. The number of fused-ring (bicyclic) bond motifs is 1. The van der Waals surface area contributed by atoms with Gasteiger partial charge in [-0.05, 0) is 6.42 Å². The first-order valence-electron chi connectivity index (χ1n) is 8.65. The summed E-state index contributed by atoms with van der Waals surface area (Å²) in [5.41, 5.74) is 11.6. The van der Waals surface area contributed by atoms with Gasteiger partial charge in [-0.1, -0.05) is 13.3 Å². The third-order valence-corrected chi connectivity index (χ3v) is 4.65. The van der Waals surface area contributed by atoms with Crippen molar-refractivity contribution in [3.05, 3.63) is 18.3 Å². The van der Waals surface area contributed by atoms with E-state index in [-0.39, 0.29) is 16.9 Å². The summed E-state index contributed by atoms with van der Waals surface area (Å²) >= 11 is 0. The second-order valence-corrected chi connectivity index (χ2v) is 6.51. The highest BCUT2D eigenvalue weighted by Gasteiger charge is 2.46. The first-order chi connectivity index (χ1) is 12.9. The number of pyridine rings is 1. The summed E-state index contributed by atoms with van der Waals surface area (Å²) in [5, 5.41) is 22.9. The fourth-order valence-corrected chi connectivity index (χ4v) is 3.25. The van der Waals surface area contributed by atoms with Crippen LogP contribution in [-0.4, -0.2) is 61.6 Å². The zero-order valence-electron chi connectivity index (χ0n) is 14.7. The summed E-state index contributed by atoms with van der Waals surface area (Å²) in [6, 6.07) is -1.66. The fraction of sp³-hybridized carbons (Fsp3) is 0.562. The monoisotopic (exact) mass is 382 g/mol. The molecule has 7 N–H and O–H groups in total. The number of aromatic nitrogens is 3. The average molecular weight is 382 g/mol. The molecule has 10 nitrogen and oxygen atoms in total. The first-order valence-corrected chi connectivity index (χ1v) is 8.65. The normalized spacial score (nSPS) is 26.4. The molecule has 1 saturated heterocycles. The number of hydrogen-bond acceptors (Lipinski definition) is 8. The number of halogens is 1. The summed E-state index contributed by atoms with van der Waals surface area (Å²) in [6.45, 7) is 1.44. The number of aliphatic hydroxyl groups excluding tert-OH is 2. The number of imidazole rings is 1. The van der Waals surface area contributed by atoms with E-state index in [0.29, 0.717) is 6.42 Å². The number of nitrogen functional groups attached to an aromatic ring is 1. The van der Waals surface area contributed by atoms with Gasteiger partial charge in [0.05, 0.1) is 31.2 Å². The molecule has 11 heteroatoms. The number of anilines is 1. The number of nitrogens with one attached hydrogen (secondary N) is 1. The van der Waals surface area contributed by atoms with Crippen LogP contribution in [0.15, 0.2) is 12.5 Å². The summed E-state index contributed by atoms with van der Waals surface area (Å²) in [5.74, 6) is -1.11. The highest BCUT2D eigenvalue weighted by molar-refractivity contribution is 5.85. The van der Waals surface area contributed by atoms with Gasteiger partial charge in [0.1, 0.15) is 23.2 Å². The van der Waals surface area contributed by atoms with Crippen LogP contribution in [0.5, 0.6) is 0 Å². The van der Waals surface area contributed by atoms with Crippen LogP contribution in [0.25, 0.3) is 11.0 Å². The van der Waals surface area contributed by atoms with Crippen molar-refractivity contribution >= 4 is 22.8 Å². The van der Waals surface area contributed by atoms with E-state index in [1.165, 1.54) is 10.9 Å². The molecule has 1 aliphatic rings. The van der Waals surface area contributed by atoms with E-state index in [0.717, 1.165) is 12.6 Å². The lowest BCUT2D eigenvalue weighted by Gasteiger charge is -2.22. The molecule has 2 aromatic heterocycles. The third kappa shape index (κ3) is 3.46. The van der Waals surface area contributed by atoms with E-state index in [9.17, 15) is 19.4 Å². The van der Waals surface area contributed by atoms with Crippen molar-refractivity contribution in [2.24, 2.45) is 5.73 Å². The summed E-state index contributed by atoms with van der Waals surface area (Å²) in [7, 11) is 0. The number of aliphatic hydroxyl groups is 2. The molecule has 0 aromatic carbocycles. The van der Waals surface area contributed by atoms with E-state index < -0.39 is 48.9 Å². The number of amides is 1. The smallest absolute Gasteiger partial charge is 0.237 e. The van der Waals surface area contributed by atoms with Crippen LogP contribution in [0.4, 0.5) is 10.2 Å². The zero-order chi connectivity index (χ0) is 19.7. The molecule has 27 heavy (non-hydrogen) atoms. The average Bonchev–Trinajstić information content (AvgIpc) is 3.21. The Morgan fingerprint density at radius 1 is 1.52 bits per heavy atom. The van der Waals surface area contributed by atoms with E-state index in [2.05, 4.69) is 15.3 Å². The molecular formula is C16H23FN6O4. The van der Waals surface area contributed by atoms with Gasteiger partial charge >= 0.3 is 0 Å². The van der Waals surface area contributed by atoms with Crippen LogP contribution in [0, 0.1) is 5.82 Å². The number of ether oxygens (including phenoxy) is 1. The fourth-order valence-electron chi connectivity index (χ4n) is 3.25. The van der Waals surface area contributed by atoms with Crippen LogP contribution >= 0.6 is 0 Å². The number of carbonyl (C=O) groups excluding carboxylic acids is 1. The Hall–Kier alpha value is -2.34. The molecule has 0 radical (unpaired) electrons. The van der Waals surface area contributed by atoms with E-state index >= 15 is 0 Å². The molecule has 3 rings (SSSR count). The Kier molecular flexibility index (Phi) is 5.56. The standard InChI is InChI=1S/C16H23FN6O4/c1-2-3-8(18)15(26)22-10-9(5-24)27-16(13(10)25)23-6-21-11-12(23)7(17)4-20-14(11)19/h4,6,8-10,13,16,24-25H,2-3,5,18H2,1H3,(H2,19,20)(H,22,26)/t8?,9-,10?,13?,16-/m1/s1. The molecular weight excluding hydrogens is 359 g/mol. The quantitative estimate of drug-likeness (QED) is 0.426. The van der Waals surface area contributed by atoms with Crippen LogP contribution in [0.2, 0.25) is 0 Å². The Morgan fingerprint density at radius 2 is 2.26 bits per heavy atom. The molecule has 0 saturated carbocycles. The molecule has 3 heterocycles. The van der Waals surface area contributed by atoms with Crippen LogP contribution in [-0.2, 0) is 9.53 Å². The Morgan fingerprint density at radius 3 is 2.93 bits per heavy atom. The van der Waals surface area contributed by atoms with Crippen LogP contribution in [0.1, 0.15) is 26.0 Å². The predicted octanol–water partition coefficient (Wildman–Crippen LogP) is -0.985. The van der Waals surface area contributed by atoms with Gasteiger partial charge in [-0.25, -0.2) is 14.4 Å². The highest BCUT2D eigenvalue weighted by Crippen LogP contribution is 2.33. The van der Waals surface area contributed by atoms with Gasteiger partial charge < -0.3 is 31.7 Å². The van der Waals surface area contributed by atoms with Gasteiger partial charge in [0.25, 0.3) is 0 Å². The first kappa shape index (κ1) is 19.4. The van der Waals surface area contributed by atoms with Gasteiger partial charge in [-0.2, -0.15) is 0 Å². The number of rotatable bonds is 6. The highest BCUT2D eigenvalue weighted by atomic mass is 19.1. The van der Waals surface area contributed by atoms with E-state index in [1.54, 1.807) is 0 Å². The van der Waals surface area contributed by atoms with Crippen molar-refractivity contribution < 1.29 is 24.1 Å². The summed E-state index contributed by atoms with van der Waals surface area (Å²) in [6.07, 6.45) is 0.155. The molecule has 0 spiro atoms. The van der Waals surface area contributed by atoms with Crippen molar-refractivity contribution in [2.75, 3.05) is 12.3 Å². The Labute approximate surface area is 154 Å². The molecule has 0 aliphatic carbocycles. The van der Waals surface area contributed by atoms with E-state index in [1.807, 2.05) is 6.92 Å². The van der Waals surface area contributed by atoms with Crippen molar-refractivity contribution in [3.63, 3.8) is 0 Å². The molecule has 3 unspecified atom stereocenters. The molecule has 5 atom stereocenters. The predicted molar refractivity (Wildman–Crippen MR) is 93.7 cm³/mol. The molecule has 0 bridgehead atoms. The topological polar surface area (TPSA) is 162 Å². The lowest BCUT2D eigenvalue weighted by molar-refractivity contribution is -0.124. The summed E-state index contributed by atoms with van der Waals surface area (Å²) < 4.78 is 21.2. The van der Waals surface area contributed by atoms with E-state index in [4.69, 9.17) is 16.2 Å². The minimum Gasteiger partial charge on any atom is -0.394 e. The van der Waals surface area contributed by atoms with Crippen molar-refractivity contribution in [1.82, 2.24) is 19.9 Å². The third-order valence-electron chi connectivity index (χ3n) is 4.65. The Bertz CT molecular complexity index is 831. The van der Waals surface area contributed by atoms with Gasteiger partial charge in [-0.15, -0.1) is 0 Å². The lowest BCUT2D eigenvalue weighted by atomic mass is 10.1. The number of hydrogen-bond donors (Lipinski definition) is 5. The van der Waals surface area contributed by atoms with Crippen LogP contribution in [0.3, 0.4) is 0 Å². The number of nitrogens with two attached hydrogens (primary N) is 2. The second kappa shape index (κ2) is 7.72. The Balaban J connectivity index is 1.89. The maximum Gasteiger partial charge on any atom is 0.237 e. The molecule has 1 fully saturated rings. The van der Waals surface area contributed by atoms with Gasteiger partial charge in [0.2, 0.25) is 5.91 Å². The SMILES string of the molecule is CCCC(N)C(=O)NC1C(O)[C@H](n2cnc3c(N)ncc(F)c32)O[C@@H]1CO. The minimum atomic E-state index is -1.27. The van der Waals surface area contributed by atoms with Crippen molar-refractivity contribution in [2.45, 2.75) is 50.3 Å². The van der Waals surface area contributed by atoms with Crippen molar-refractivity contribution in [3.8, 4) is 0 Å². The second-order valence-electron chi connectivity index (χ2n) is 6.51. The van der Waals surface area contributed by atoms with Crippen molar-refractivity contribution in [1.29, 1.82) is 0 Å². The molecule has 1 aliphatic heterocycles. The van der Waals surface area contributed by atoms with Gasteiger partial charge in [0.15, 0.2) is 17.9 Å². The number of nitrogens with zero attached hydrogens (tertiary/aromatic N) is 3. The number of carbonyl (C=O) groups is 1. The maximum atomic E-state index is 14.3. The molecule has 2 aromatic rings. The molecule has 1 amide bonds. The van der Waals surface area contributed by atoms with Gasteiger partial charge in [0, 0.05) is 0 Å². The largest absolute Gasteiger partial charge is 0.394 e. The molecule has 148 valence electrons. The minimum absolute atomic E-state index is 0.0119. The summed E-state index contributed by atoms with van der Waals surface area (Å²) in [4.78, 5) is 19.9. The van der Waals surface area contributed by atoms with Crippen LogP contribution < -0.4 is 16.8 Å².